The van der Waals surface area contributed by atoms with Gasteiger partial charge in [-0.15, -0.1) is 0 Å². The van der Waals surface area contributed by atoms with Crippen LogP contribution in [0.1, 0.15) is 11.3 Å². The van der Waals surface area contributed by atoms with Gasteiger partial charge in [-0.1, -0.05) is 6.07 Å². The molecule has 90 valence electrons. The molecule has 2 aromatic rings. The highest BCUT2D eigenvalue weighted by Gasteiger charge is 2.15. The fourth-order valence-electron chi connectivity index (χ4n) is 1.70. The van der Waals surface area contributed by atoms with E-state index >= 15 is 0 Å². The average molecular weight is 238 g/mol. The van der Waals surface area contributed by atoms with Gasteiger partial charge in [0.15, 0.2) is 0 Å². The Morgan fingerprint density at radius 1 is 1.06 bits per heavy atom. The number of halogens is 2. The van der Waals surface area contributed by atoms with Gasteiger partial charge in [0.25, 0.3) is 0 Å². The van der Waals surface area contributed by atoms with E-state index in [0.29, 0.717) is 5.76 Å². The number of hydrogen-bond donors (Lipinski definition) is 1. The Bertz CT molecular complexity index is 460. The van der Waals surface area contributed by atoms with Crippen LogP contribution in [0.5, 0.6) is 0 Å². The molecule has 0 aliphatic carbocycles. The first-order valence-corrected chi connectivity index (χ1v) is 5.30. The second-order valence-corrected chi connectivity index (χ2v) is 3.84. The number of aliphatic hydroxyl groups is 1. The fourth-order valence-corrected chi connectivity index (χ4v) is 1.70. The van der Waals surface area contributed by atoms with Crippen LogP contribution >= 0.6 is 0 Å². The van der Waals surface area contributed by atoms with Crippen LogP contribution in [0.25, 0.3) is 0 Å². The van der Waals surface area contributed by atoms with E-state index in [-0.39, 0.29) is 18.4 Å². The third-order valence-corrected chi connectivity index (χ3v) is 2.52. The van der Waals surface area contributed by atoms with Crippen LogP contribution in [0, 0.1) is 11.6 Å². The lowest BCUT2D eigenvalue weighted by molar-refractivity contribution is 0.165. The molecule has 0 amide bonds. The minimum absolute atomic E-state index is 0.0702. The Morgan fingerprint density at radius 3 is 2.35 bits per heavy atom. The van der Waals surface area contributed by atoms with Crippen LogP contribution in [0.4, 0.5) is 8.78 Å². The Kier molecular flexibility index (Phi) is 3.54. The van der Waals surface area contributed by atoms with Crippen molar-refractivity contribution >= 4 is 0 Å². The molecule has 0 saturated carbocycles. The summed E-state index contributed by atoms with van der Waals surface area (Å²) >= 11 is 0. The molecule has 1 heterocycles. The van der Waals surface area contributed by atoms with Crippen LogP contribution in [0.15, 0.2) is 41.0 Å². The van der Waals surface area contributed by atoms with Gasteiger partial charge in [0, 0.05) is 18.4 Å². The predicted octanol–water partition coefficient (Wildman–Crippen LogP) is 2.70. The van der Waals surface area contributed by atoms with Crippen molar-refractivity contribution in [2.75, 3.05) is 0 Å². The van der Waals surface area contributed by atoms with Crippen LogP contribution in [0.3, 0.4) is 0 Å². The molecule has 1 atom stereocenters. The quantitative estimate of drug-likeness (QED) is 0.888. The van der Waals surface area contributed by atoms with Crippen LogP contribution in [0.2, 0.25) is 0 Å². The molecule has 1 aromatic heterocycles. The van der Waals surface area contributed by atoms with Crippen molar-refractivity contribution in [2.24, 2.45) is 0 Å². The molecule has 0 bridgehead atoms. The lowest BCUT2D eigenvalue weighted by atomic mass is 10.0. The molecule has 0 radical (unpaired) electrons. The molecule has 0 saturated heterocycles. The molecular weight excluding hydrogens is 226 g/mol. The van der Waals surface area contributed by atoms with Crippen molar-refractivity contribution in [1.82, 2.24) is 0 Å². The Hall–Kier alpha value is -1.68. The zero-order chi connectivity index (χ0) is 12.3. The Labute approximate surface area is 97.5 Å². The SMILES string of the molecule is OC(Cc1ccco1)Cc1c(F)cccc1F. The molecule has 2 rings (SSSR count). The summed E-state index contributed by atoms with van der Waals surface area (Å²) < 4.78 is 31.7. The monoisotopic (exact) mass is 238 g/mol. The lowest BCUT2D eigenvalue weighted by Crippen LogP contribution is -2.15. The number of benzene rings is 1. The van der Waals surface area contributed by atoms with Crippen molar-refractivity contribution in [3.63, 3.8) is 0 Å². The van der Waals surface area contributed by atoms with Gasteiger partial charge in [-0.3, -0.25) is 0 Å². The van der Waals surface area contributed by atoms with E-state index in [2.05, 4.69) is 0 Å². The van der Waals surface area contributed by atoms with E-state index in [9.17, 15) is 13.9 Å². The highest BCUT2D eigenvalue weighted by atomic mass is 19.1. The van der Waals surface area contributed by atoms with E-state index in [1.54, 1.807) is 12.1 Å². The maximum Gasteiger partial charge on any atom is 0.129 e. The number of furan rings is 1. The molecule has 0 spiro atoms. The molecule has 1 unspecified atom stereocenters. The largest absolute Gasteiger partial charge is 0.469 e. The van der Waals surface area contributed by atoms with E-state index < -0.39 is 17.7 Å². The topological polar surface area (TPSA) is 33.4 Å². The van der Waals surface area contributed by atoms with E-state index in [1.165, 1.54) is 24.5 Å². The van der Waals surface area contributed by atoms with Crippen LogP contribution < -0.4 is 0 Å². The van der Waals surface area contributed by atoms with Gasteiger partial charge in [0.1, 0.15) is 17.4 Å². The predicted molar refractivity (Wildman–Crippen MR) is 58.5 cm³/mol. The Morgan fingerprint density at radius 2 is 1.76 bits per heavy atom. The summed E-state index contributed by atoms with van der Waals surface area (Å²) in [5.74, 6) is -0.679. The molecule has 0 fully saturated rings. The zero-order valence-corrected chi connectivity index (χ0v) is 9.07. The Balaban J connectivity index is 2.05. The van der Waals surface area contributed by atoms with Crippen molar-refractivity contribution in [2.45, 2.75) is 18.9 Å². The minimum Gasteiger partial charge on any atom is -0.469 e. The summed E-state index contributed by atoms with van der Waals surface area (Å²) in [6.45, 7) is 0. The normalized spacial score (nSPS) is 12.6. The van der Waals surface area contributed by atoms with Crippen molar-refractivity contribution in [1.29, 1.82) is 0 Å². The standard InChI is InChI=1S/C13H12F2O2/c14-12-4-1-5-13(15)11(12)8-9(16)7-10-3-2-6-17-10/h1-6,9,16H,7-8H2. The first-order valence-electron chi connectivity index (χ1n) is 5.30. The highest BCUT2D eigenvalue weighted by Crippen LogP contribution is 2.16. The van der Waals surface area contributed by atoms with Gasteiger partial charge >= 0.3 is 0 Å². The van der Waals surface area contributed by atoms with E-state index in [4.69, 9.17) is 4.42 Å². The molecular formula is C13H12F2O2. The minimum atomic E-state index is -0.868. The zero-order valence-electron chi connectivity index (χ0n) is 9.07. The third kappa shape index (κ3) is 2.91. The fraction of sp³-hybridized carbons (Fsp3) is 0.231. The van der Waals surface area contributed by atoms with E-state index in [1.807, 2.05) is 0 Å². The van der Waals surface area contributed by atoms with Crippen molar-refractivity contribution < 1.29 is 18.3 Å². The highest BCUT2D eigenvalue weighted by molar-refractivity contribution is 5.20. The molecule has 2 nitrogen and oxygen atoms in total. The van der Waals surface area contributed by atoms with E-state index in [0.717, 1.165) is 0 Å². The smallest absolute Gasteiger partial charge is 0.129 e. The van der Waals surface area contributed by atoms with Gasteiger partial charge in [0.2, 0.25) is 0 Å². The summed E-state index contributed by atoms with van der Waals surface area (Å²) in [5, 5.41) is 9.73. The van der Waals surface area contributed by atoms with Crippen molar-refractivity contribution in [3.8, 4) is 0 Å². The first-order chi connectivity index (χ1) is 8.16. The molecule has 0 aliphatic heterocycles. The molecule has 17 heavy (non-hydrogen) atoms. The number of hydrogen-bond acceptors (Lipinski definition) is 2. The van der Waals surface area contributed by atoms with Gasteiger partial charge in [-0.2, -0.15) is 0 Å². The summed E-state index contributed by atoms with van der Waals surface area (Å²) in [7, 11) is 0. The summed E-state index contributed by atoms with van der Waals surface area (Å²) in [6.07, 6.45) is 0.790. The van der Waals surface area contributed by atoms with Gasteiger partial charge < -0.3 is 9.52 Å². The molecule has 1 aromatic carbocycles. The van der Waals surface area contributed by atoms with Crippen LogP contribution in [-0.4, -0.2) is 11.2 Å². The molecule has 4 heteroatoms. The first kappa shape index (κ1) is 11.8. The van der Waals surface area contributed by atoms with Crippen LogP contribution in [-0.2, 0) is 12.8 Å². The summed E-state index contributed by atoms with van der Waals surface area (Å²) in [6, 6.07) is 7.07. The maximum atomic E-state index is 13.3. The second kappa shape index (κ2) is 5.10. The maximum absolute atomic E-state index is 13.3. The number of aliphatic hydroxyl groups excluding tert-OH is 1. The summed E-state index contributed by atoms with van der Waals surface area (Å²) in [5.41, 5.74) is -0.0912. The lowest BCUT2D eigenvalue weighted by Gasteiger charge is -2.10. The number of rotatable bonds is 4. The summed E-state index contributed by atoms with van der Waals surface area (Å²) in [4.78, 5) is 0. The molecule has 0 aliphatic rings. The average Bonchev–Trinajstić information content (AvgIpc) is 2.76. The van der Waals surface area contributed by atoms with Crippen molar-refractivity contribution in [3.05, 3.63) is 59.6 Å². The second-order valence-electron chi connectivity index (χ2n) is 3.84. The van der Waals surface area contributed by atoms with Gasteiger partial charge in [-0.05, 0) is 24.3 Å². The van der Waals surface area contributed by atoms with Gasteiger partial charge in [-0.25, -0.2) is 8.78 Å². The van der Waals surface area contributed by atoms with Gasteiger partial charge in [0.05, 0.1) is 12.4 Å². The molecule has 1 N–H and O–H groups in total. The third-order valence-electron chi connectivity index (χ3n) is 2.52.